The Kier molecular flexibility index (Phi) is 3.74. The summed E-state index contributed by atoms with van der Waals surface area (Å²) in [6, 6.07) is 16.8. The predicted molar refractivity (Wildman–Crippen MR) is 84.1 cm³/mol. The summed E-state index contributed by atoms with van der Waals surface area (Å²) < 4.78 is 5.16. The number of amides is 1. The van der Waals surface area contributed by atoms with Crippen LogP contribution in [0.15, 0.2) is 60.9 Å². The molecule has 0 radical (unpaired) electrons. The zero-order valence-corrected chi connectivity index (χ0v) is 12.2. The third kappa shape index (κ3) is 2.63. The largest absolute Gasteiger partial charge is 0.433 e. The lowest BCUT2D eigenvalue weighted by atomic mass is 10.1. The Morgan fingerprint density at radius 1 is 1.09 bits per heavy atom. The van der Waals surface area contributed by atoms with E-state index in [2.05, 4.69) is 0 Å². The molecule has 0 N–H and O–H groups in total. The molecule has 2 aromatic carbocycles. The third-order valence-electron chi connectivity index (χ3n) is 3.59. The smallest absolute Gasteiger partial charge is 0.315 e. The van der Waals surface area contributed by atoms with E-state index in [1.165, 1.54) is 6.26 Å². The van der Waals surface area contributed by atoms with Crippen molar-refractivity contribution < 1.29 is 14.3 Å². The van der Waals surface area contributed by atoms with Crippen LogP contribution in [-0.2, 0) is 20.7 Å². The third-order valence-corrected chi connectivity index (χ3v) is 3.59. The number of hydrogen-bond acceptors (Lipinski definition) is 3. The molecule has 0 unspecified atom stereocenters. The molecular formula is C18H15NO3. The zero-order chi connectivity index (χ0) is 15.5. The molecule has 1 aliphatic heterocycles. The first-order valence-corrected chi connectivity index (χ1v) is 6.98. The van der Waals surface area contributed by atoms with Crippen molar-refractivity contribution >= 4 is 23.1 Å². The van der Waals surface area contributed by atoms with Crippen LogP contribution in [0.5, 0.6) is 0 Å². The van der Waals surface area contributed by atoms with Gasteiger partial charge in [0.1, 0.15) is 6.26 Å². The Morgan fingerprint density at radius 2 is 1.77 bits per heavy atom. The molecule has 4 nitrogen and oxygen atoms in total. The monoisotopic (exact) mass is 293 g/mol. The second-order valence-electron chi connectivity index (χ2n) is 5.07. The maximum absolute atomic E-state index is 12.2. The Morgan fingerprint density at radius 3 is 2.55 bits per heavy atom. The first kappa shape index (κ1) is 14.1. The number of carbonyl (C=O) groups excluding carboxylic acids is 2. The minimum Gasteiger partial charge on any atom is -0.433 e. The predicted octanol–water partition coefficient (Wildman–Crippen LogP) is 2.79. The van der Waals surface area contributed by atoms with E-state index in [0.717, 1.165) is 16.8 Å². The molecular weight excluding hydrogens is 278 g/mol. The summed E-state index contributed by atoms with van der Waals surface area (Å²) in [6.07, 6.45) is 1.44. The van der Waals surface area contributed by atoms with Gasteiger partial charge in [-0.1, -0.05) is 48.5 Å². The van der Waals surface area contributed by atoms with Gasteiger partial charge < -0.3 is 9.64 Å². The van der Waals surface area contributed by atoms with Crippen LogP contribution >= 0.6 is 0 Å². The van der Waals surface area contributed by atoms with Crippen molar-refractivity contribution in [3.63, 3.8) is 0 Å². The van der Waals surface area contributed by atoms with E-state index in [0.29, 0.717) is 5.57 Å². The minimum atomic E-state index is -0.390. The molecule has 0 aliphatic carbocycles. The van der Waals surface area contributed by atoms with Crippen molar-refractivity contribution in [1.82, 2.24) is 0 Å². The van der Waals surface area contributed by atoms with E-state index < -0.39 is 5.97 Å². The highest BCUT2D eigenvalue weighted by Gasteiger charge is 2.29. The molecule has 0 spiro atoms. The summed E-state index contributed by atoms with van der Waals surface area (Å²) in [4.78, 5) is 25.6. The maximum Gasteiger partial charge on any atom is 0.315 e. The molecule has 3 rings (SSSR count). The average Bonchev–Trinajstić information content (AvgIpc) is 2.78. The number of benzene rings is 2. The highest BCUT2D eigenvalue weighted by molar-refractivity contribution is 6.32. The number of esters is 1. The summed E-state index contributed by atoms with van der Waals surface area (Å²) in [5.74, 6) is -0.563. The van der Waals surface area contributed by atoms with Gasteiger partial charge in [-0.15, -0.1) is 0 Å². The van der Waals surface area contributed by atoms with Gasteiger partial charge in [-0.3, -0.25) is 9.59 Å². The quantitative estimate of drug-likeness (QED) is 0.496. The lowest BCUT2D eigenvalue weighted by Gasteiger charge is -2.07. The second kappa shape index (κ2) is 5.85. The summed E-state index contributed by atoms with van der Waals surface area (Å²) in [6.45, 7) is 0. The fourth-order valence-electron chi connectivity index (χ4n) is 2.44. The highest BCUT2D eigenvalue weighted by Crippen LogP contribution is 2.35. The van der Waals surface area contributed by atoms with Crippen LogP contribution in [0.3, 0.4) is 0 Å². The number of nitrogens with zero attached hydrogens (tertiary/aromatic N) is 1. The van der Waals surface area contributed by atoms with E-state index in [4.69, 9.17) is 4.74 Å². The summed E-state index contributed by atoms with van der Waals surface area (Å²) in [7, 11) is 1.70. The summed E-state index contributed by atoms with van der Waals surface area (Å²) in [5, 5.41) is 0. The number of anilines is 1. The van der Waals surface area contributed by atoms with Crippen LogP contribution in [-0.4, -0.2) is 18.9 Å². The number of fused-ring (bicyclic) bond motifs is 1. The zero-order valence-electron chi connectivity index (χ0n) is 12.2. The molecule has 1 amide bonds. The number of carbonyl (C=O) groups is 2. The van der Waals surface area contributed by atoms with Gasteiger partial charge >= 0.3 is 5.97 Å². The van der Waals surface area contributed by atoms with Gasteiger partial charge in [0.15, 0.2) is 0 Å². The Balaban J connectivity index is 1.76. The lowest BCUT2D eigenvalue weighted by Crippen LogP contribution is -2.20. The minimum absolute atomic E-state index is 0.172. The molecule has 0 atom stereocenters. The van der Waals surface area contributed by atoms with Crippen molar-refractivity contribution in [1.29, 1.82) is 0 Å². The number of ether oxygens (including phenoxy) is 1. The number of para-hydroxylation sites is 1. The molecule has 1 aliphatic rings. The molecule has 0 aromatic heterocycles. The van der Waals surface area contributed by atoms with E-state index in [9.17, 15) is 9.59 Å². The number of hydrogen-bond donors (Lipinski definition) is 0. The Bertz CT molecular complexity index is 750. The highest BCUT2D eigenvalue weighted by atomic mass is 16.5. The summed E-state index contributed by atoms with van der Waals surface area (Å²) in [5.41, 5.74) is 2.88. The van der Waals surface area contributed by atoms with Crippen molar-refractivity contribution in [2.75, 3.05) is 11.9 Å². The van der Waals surface area contributed by atoms with Gasteiger partial charge in [-0.05, 0) is 11.6 Å². The van der Waals surface area contributed by atoms with Gasteiger partial charge in [0.25, 0.3) is 5.91 Å². The van der Waals surface area contributed by atoms with Crippen LogP contribution in [0.4, 0.5) is 5.69 Å². The molecule has 0 fully saturated rings. The molecule has 110 valence electrons. The fourth-order valence-corrected chi connectivity index (χ4v) is 2.44. The molecule has 0 bridgehead atoms. The lowest BCUT2D eigenvalue weighted by molar-refractivity contribution is -0.137. The van der Waals surface area contributed by atoms with E-state index in [-0.39, 0.29) is 12.3 Å². The van der Waals surface area contributed by atoms with Gasteiger partial charge in [-0.25, -0.2) is 0 Å². The van der Waals surface area contributed by atoms with E-state index in [1.54, 1.807) is 11.9 Å². The first-order chi connectivity index (χ1) is 10.7. The van der Waals surface area contributed by atoms with Crippen LogP contribution in [0, 0.1) is 0 Å². The van der Waals surface area contributed by atoms with Crippen LogP contribution in [0.2, 0.25) is 0 Å². The normalized spacial score (nSPS) is 15.0. The van der Waals surface area contributed by atoms with Crippen molar-refractivity contribution in [2.45, 2.75) is 6.42 Å². The van der Waals surface area contributed by atoms with Gasteiger partial charge in [-0.2, -0.15) is 0 Å². The molecule has 2 aromatic rings. The standard InChI is InChI=1S/C18H15NO3/c1-19-16-10-6-5-9-14(16)15(18(19)21)12-22-17(20)11-13-7-3-2-4-8-13/h2-10,12H,11H2,1H3/b15-12+. The molecule has 4 heteroatoms. The second-order valence-corrected chi connectivity index (χ2v) is 5.07. The average molecular weight is 293 g/mol. The molecule has 1 heterocycles. The Hall–Kier alpha value is -2.88. The number of likely N-dealkylation sites (N-methyl/N-ethyl adjacent to an activating group) is 1. The maximum atomic E-state index is 12.2. The van der Waals surface area contributed by atoms with E-state index >= 15 is 0 Å². The van der Waals surface area contributed by atoms with Crippen molar-refractivity contribution in [3.05, 3.63) is 72.0 Å². The van der Waals surface area contributed by atoms with Crippen LogP contribution in [0.1, 0.15) is 11.1 Å². The van der Waals surface area contributed by atoms with Crippen molar-refractivity contribution in [2.24, 2.45) is 0 Å². The van der Waals surface area contributed by atoms with Gasteiger partial charge in [0.2, 0.25) is 0 Å². The molecule has 22 heavy (non-hydrogen) atoms. The van der Waals surface area contributed by atoms with Gasteiger partial charge in [0.05, 0.1) is 17.7 Å². The van der Waals surface area contributed by atoms with Crippen LogP contribution < -0.4 is 4.90 Å². The Labute approximate surface area is 128 Å². The van der Waals surface area contributed by atoms with Crippen LogP contribution in [0.25, 0.3) is 5.57 Å². The fraction of sp³-hybridized carbons (Fsp3) is 0.111. The summed E-state index contributed by atoms with van der Waals surface area (Å²) >= 11 is 0. The molecule has 0 saturated heterocycles. The molecule has 0 saturated carbocycles. The van der Waals surface area contributed by atoms with Gasteiger partial charge in [0, 0.05) is 12.6 Å². The van der Waals surface area contributed by atoms with Crippen molar-refractivity contribution in [3.8, 4) is 0 Å². The van der Waals surface area contributed by atoms with E-state index in [1.807, 2.05) is 54.6 Å². The first-order valence-electron chi connectivity index (χ1n) is 6.98. The number of rotatable bonds is 3. The SMILES string of the molecule is CN1C(=O)/C(=C/OC(=O)Cc2ccccc2)c2ccccc21. The topological polar surface area (TPSA) is 46.6 Å².